The van der Waals surface area contributed by atoms with Crippen LogP contribution in [0.2, 0.25) is 0 Å². The van der Waals surface area contributed by atoms with E-state index in [1.165, 1.54) is 11.6 Å². The first-order valence-corrected chi connectivity index (χ1v) is 10.1. The van der Waals surface area contributed by atoms with Crippen LogP contribution < -0.4 is 15.0 Å². The van der Waals surface area contributed by atoms with E-state index < -0.39 is 0 Å². The van der Waals surface area contributed by atoms with Gasteiger partial charge < -0.3 is 15.0 Å². The van der Waals surface area contributed by atoms with Crippen LogP contribution in [0, 0.1) is 0 Å². The second-order valence-corrected chi connectivity index (χ2v) is 7.39. The van der Waals surface area contributed by atoms with Gasteiger partial charge in [-0.2, -0.15) is 0 Å². The largest absolute Gasteiger partial charge is 0.491 e. The summed E-state index contributed by atoms with van der Waals surface area (Å²) in [6, 6.07) is 15.6. The standard InChI is InChI=1S/C24H28N2O3/c1-18(2)29-21-9-5-7-19(17-21)12-13-23(27)25-15-6-11-24(28)26-16-14-20-8-3-4-10-22(20)26/h3-5,7-10,12-13,17-18H,6,11,14-16H2,1-2H3,(H,25,27). The molecular weight excluding hydrogens is 364 g/mol. The van der Waals surface area contributed by atoms with Gasteiger partial charge in [-0.1, -0.05) is 30.3 Å². The number of ether oxygens (including phenoxy) is 1. The van der Waals surface area contributed by atoms with Crippen molar-refractivity contribution in [3.05, 3.63) is 65.7 Å². The molecule has 29 heavy (non-hydrogen) atoms. The number of anilines is 1. The first kappa shape index (κ1) is 20.6. The lowest BCUT2D eigenvalue weighted by molar-refractivity contribution is -0.119. The number of hydrogen-bond donors (Lipinski definition) is 1. The topological polar surface area (TPSA) is 58.6 Å². The highest BCUT2D eigenvalue weighted by Gasteiger charge is 2.23. The van der Waals surface area contributed by atoms with Crippen LogP contribution in [-0.2, 0) is 16.0 Å². The molecule has 5 heteroatoms. The van der Waals surface area contributed by atoms with Gasteiger partial charge in [-0.3, -0.25) is 9.59 Å². The van der Waals surface area contributed by atoms with Crippen LogP contribution in [0.25, 0.3) is 6.08 Å². The molecule has 0 radical (unpaired) electrons. The van der Waals surface area contributed by atoms with Crippen LogP contribution in [0.5, 0.6) is 5.75 Å². The zero-order valence-electron chi connectivity index (χ0n) is 17.1. The number of hydrogen-bond acceptors (Lipinski definition) is 3. The van der Waals surface area contributed by atoms with Crippen molar-refractivity contribution in [3.8, 4) is 5.75 Å². The van der Waals surface area contributed by atoms with Gasteiger partial charge in [-0.25, -0.2) is 0 Å². The minimum absolute atomic E-state index is 0.106. The van der Waals surface area contributed by atoms with Gasteiger partial charge >= 0.3 is 0 Å². The van der Waals surface area contributed by atoms with Gasteiger partial charge in [-0.15, -0.1) is 0 Å². The number of nitrogens with one attached hydrogen (secondary N) is 1. The molecule has 2 aromatic rings. The SMILES string of the molecule is CC(C)Oc1cccc(C=CC(=O)NCCCC(=O)N2CCc3ccccc32)c1. The third kappa shape index (κ3) is 5.95. The average Bonchev–Trinajstić information content (AvgIpc) is 3.13. The van der Waals surface area contributed by atoms with E-state index in [2.05, 4.69) is 11.4 Å². The maximum Gasteiger partial charge on any atom is 0.243 e. The van der Waals surface area contributed by atoms with E-state index in [4.69, 9.17) is 4.74 Å². The van der Waals surface area contributed by atoms with Crippen LogP contribution in [0.4, 0.5) is 5.69 Å². The Morgan fingerprint density at radius 3 is 2.83 bits per heavy atom. The van der Waals surface area contributed by atoms with Crippen molar-refractivity contribution in [1.82, 2.24) is 5.32 Å². The summed E-state index contributed by atoms with van der Waals surface area (Å²) < 4.78 is 5.66. The third-order valence-electron chi connectivity index (χ3n) is 4.71. The Labute approximate surface area is 172 Å². The van der Waals surface area contributed by atoms with Gasteiger partial charge in [0.15, 0.2) is 0 Å². The van der Waals surface area contributed by atoms with Crippen LogP contribution in [-0.4, -0.2) is 31.0 Å². The highest BCUT2D eigenvalue weighted by Crippen LogP contribution is 2.28. The molecule has 1 aliphatic heterocycles. The van der Waals surface area contributed by atoms with Gasteiger partial charge in [0.25, 0.3) is 0 Å². The molecule has 0 bridgehead atoms. The van der Waals surface area contributed by atoms with E-state index in [0.29, 0.717) is 19.4 Å². The molecular formula is C24H28N2O3. The Hall–Kier alpha value is -3.08. The van der Waals surface area contributed by atoms with E-state index >= 15 is 0 Å². The monoisotopic (exact) mass is 392 g/mol. The van der Waals surface area contributed by atoms with Crippen molar-refractivity contribution in [1.29, 1.82) is 0 Å². The second-order valence-electron chi connectivity index (χ2n) is 7.39. The molecule has 2 aromatic carbocycles. The zero-order valence-corrected chi connectivity index (χ0v) is 17.1. The number of carbonyl (C=O) groups is 2. The van der Waals surface area contributed by atoms with Crippen LogP contribution in [0.15, 0.2) is 54.6 Å². The molecule has 0 fully saturated rings. The Morgan fingerprint density at radius 1 is 1.17 bits per heavy atom. The molecule has 2 amide bonds. The Balaban J connectivity index is 1.40. The van der Waals surface area contributed by atoms with Crippen molar-refractivity contribution >= 4 is 23.6 Å². The van der Waals surface area contributed by atoms with Crippen LogP contribution >= 0.6 is 0 Å². The minimum Gasteiger partial charge on any atom is -0.491 e. The molecule has 1 N–H and O–H groups in total. The summed E-state index contributed by atoms with van der Waals surface area (Å²) in [4.78, 5) is 26.3. The molecule has 0 aromatic heterocycles. The zero-order chi connectivity index (χ0) is 20.6. The average molecular weight is 392 g/mol. The van der Waals surface area contributed by atoms with Crippen molar-refractivity contribution < 1.29 is 14.3 Å². The van der Waals surface area contributed by atoms with Gasteiger partial charge in [0, 0.05) is 31.3 Å². The van der Waals surface area contributed by atoms with E-state index in [0.717, 1.165) is 30.0 Å². The van der Waals surface area contributed by atoms with Crippen LogP contribution in [0.3, 0.4) is 0 Å². The fraction of sp³-hybridized carbons (Fsp3) is 0.333. The number of fused-ring (bicyclic) bond motifs is 1. The molecule has 0 unspecified atom stereocenters. The summed E-state index contributed by atoms with van der Waals surface area (Å²) in [6.07, 6.45) is 5.32. The molecule has 152 valence electrons. The minimum atomic E-state index is -0.167. The number of carbonyl (C=O) groups excluding carboxylic acids is 2. The van der Waals surface area contributed by atoms with E-state index in [-0.39, 0.29) is 17.9 Å². The number of amides is 2. The highest BCUT2D eigenvalue weighted by atomic mass is 16.5. The van der Waals surface area contributed by atoms with Gasteiger partial charge in [0.05, 0.1) is 6.10 Å². The second kappa shape index (κ2) is 9.92. The summed E-state index contributed by atoms with van der Waals surface area (Å²) in [5.41, 5.74) is 3.15. The van der Waals surface area contributed by atoms with E-state index in [1.54, 1.807) is 6.08 Å². The van der Waals surface area contributed by atoms with Gasteiger partial charge in [0.1, 0.15) is 5.75 Å². The normalized spacial score (nSPS) is 13.0. The summed E-state index contributed by atoms with van der Waals surface area (Å²) in [6.45, 7) is 5.17. The summed E-state index contributed by atoms with van der Waals surface area (Å²) in [7, 11) is 0. The van der Waals surface area contributed by atoms with Crippen molar-refractivity contribution in [3.63, 3.8) is 0 Å². The molecule has 0 saturated heterocycles. The predicted octanol–water partition coefficient (Wildman–Crippen LogP) is 3.97. The lowest BCUT2D eigenvalue weighted by Gasteiger charge is -2.17. The Kier molecular flexibility index (Phi) is 7.06. The first-order valence-electron chi connectivity index (χ1n) is 10.1. The van der Waals surface area contributed by atoms with Gasteiger partial charge in [0.2, 0.25) is 11.8 Å². The molecule has 0 saturated carbocycles. The molecule has 0 spiro atoms. The molecule has 5 nitrogen and oxygen atoms in total. The number of para-hydroxylation sites is 1. The van der Waals surface area contributed by atoms with E-state index in [1.807, 2.05) is 61.2 Å². The van der Waals surface area contributed by atoms with Gasteiger partial charge in [-0.05, 0) is 62.1 Å². The fourth-order valence-electron chi connectivity index (χ4n) is 3.38. The summed E-state index contributed by atoms with van der Waals surface area (Å²) in [5.74, 6) is 0.727. The maximum absolute atomic E-state index is 12.5. The molecule has 0 atom stereocenters. The number of nitrogens with zero attached hydrogens (tertiary/aromatic N) is 1. The highest BCUT2D eigenvalue weighted by molar-refractivity contribution is 5.95. The number of rotatable bonds is 8. The van der Waals surface area contributed by atoms with Crippen molar-refractivity contribution in [2.45, 2.75) is 39.2 Å². The number of benzene rings is 2. The first-order chi connectivity index (χ1) is 14.0. The lowest BCUT2D eigenvalue weighted by Crippen LogP contribution is -2.30. The third-order valence-corrected chi connectivity index (χ3v) is 4.71. The summed E-state index contributed by atoms with van der Waals surface area (Å²) >= 11 is 0. The summed E-state index contributed by atoms with van der Waals surface area (Å²) in [5, 5.41) is 2.84. The van der Waals surface area contributed by atoms with Crippen molar-refractivity contribution in [2.75, 3.05) is 18.0 Å². The molecule has 1 aliphatic rings. The quantitative estimate of drug-likeness (QED) is 0.546. The maximum atomic E-state index is 12.5. The fourth-order valence-corrected chi connectivity index (χ4v) is 3.38. The van der Waals surface area contributed by atoms with Crippen LogP contribution in [0.1, 0.15) is 37.8 Å². The molecule has 1 heterocycles. The smallest absolute Gasteiger partial charge is 0.243 e. The predicted molar refractivity (Wildman–Crippen MR) is 116 cm³/mol. The molecule has 0 aliphatic carbocycles. The molecule has 3 rings (SSSR count). The van der Waals surface area contributed by atoms with E-state index in [9.17, 15) is 9.59 Å². The Bertz CT molecular complexity index is 889. The van der Waals surface area contributed by atoms with Crippen molar-refractivity contribution in [2.24, 2.45) is 0 Å². The Morgan fingerprint density at radius 2 is 2.00 bits per heavy atom. The lowest BCUT2D eigenvalue weighted by atomic mass is 10.2.